The summed E-state index contributed by atoms with van der Waals surface area (Å²) in [5, 5.41) is 0.0390. The van der Waals surface area contributed by atoms with Crippen LogP contribution in [0, 0.1) is 5.41 Å². The summed E-state index contributed by atoms with van der Waals surface area (Å²) in [6, 6.07) is 7.91. The molecule has 0 radical (unpaired) electrons. The standard InChI is InChI=1S/C33H52O6Si/c1-25-20-22-36-28(23-25)18-19-30(39-40(9,10)33(5,6)7)29(13-11-12-21-37-31(34)32(2,3)4)38-24-26-14-16-27(35-8)17-15-26/h11-12,14-20,28-30H,13,21-24H2,1-10H3/b12-11+,19-18+/t28-,29+,30-/m1/s1. The third-order valence-corrected chi connectivity index (χ3v) is 11.9. The minimum atomic E-state index is -2.14. The second-order valence-electron chi connectivity index (χ2n) is 13.1. The van der Waals surface area contributed by atoms with Gasteiger partial charge in [-0.15, -0.1) is 0 Å². The summed E-state index contributed by atoms with van der Waals surface area (Å²) in [5.41, 5.74) is 1.86. The van der Waals surface area contributed by atoms with Gasteiger partial charge >= 0.3 is 5.97 Å². The summed E-state index contributed by atoms with van der Waals surface area (Å²) in [6.45, 7) is 20.3. The molecule has 0 spiro atoms. The lowest BCUT2D eigenvalue weighted by molar-refractivity contribution is -0.151. The molecule has 1 aliphatic heterocycles. The van der Waals surface area contributed by atoms with Crippen molar-refractivity contribution >= 4 is 14.3 Å². The highest BCUT2D eigenvalue weighted by Crippen LogP contribution is 2.38. The van der Waals surface area contributed by atoms with Crippen molar-refractivity contribution in [2.24, 2.45) is 5.41 Å². The zero-order chi connectivity index (χ0) is 30.0. The predicted octanol–water partition coefficient (Wildman–Crippen LogP) is 7.80. The Labute approximate surface area is 243 Å². The van der Waals surface area contributed by atoms with Crippen molar-refractivity contribution in [2.45, 2.75) is 104 Å². The van der Waals surface area contributed by atoms with Crippen molar-refractivity contribution in [3.8, 4) is 5.75 Å². The number of rotatable bonds is 13. The Balaban J connectivity index is 2.28. The summed E-state index contributed by atoms with van der Waals surface area (Å²) >= 11 is 0. The topological polar surface area (TPSA) is 63.2 Å². The maximum Gasteiger partial charge on any atom is 0.311 e. The van der Waals surface area contributed by atoms with E-state index in [0.29, 0.717) is 19.6 Å². The largest absolute Gasteiger partial charge is 0.497 e. The van der Waals surface area contributed by atoms with E-state index < -0.39 is 13.7 Å². The number of carbonyl (C=O) groups excluding carboxylic acids is 1. The number of hydrogen-bond acceptors (Lipinski definition) is 6. The Morgan fingerprint density at radius 2 is 1.77 bits per heavy atom. The molecule has 0 aromatic heterocycles. The zero-order valence-electron chi connectivity index (χ0n) is 26.4. The van der Waals surface area contributed by atoms with Crippen LogP contribution in [0.5, 0.6) is 5.75 Å². The molecule has 224 valence electrons. The quantitative estimate of drug-likeness (QED) is 0.137. The van der Waals surface area contributed by atoms with Gasteiger partial charge in [-0.05, 0) is 76.4 Å². The predicted molar refractivity (Wildman–Crippen MR) is 165 cm³/mol. The van der Waals surface area contributed by atoms with Crippen LogP contribution in [0.2, 0.25) is 18.1 Å². The molecule has 0 N–H and O–H groups in total. The van der Waals surface area contributed by atoms with Crippen LogP contribution < -0.4 is 4.74 Å². The Kier molecular flexibility index (Phi) is 12.9. The van der Waals surface area contributed by atoms with Gasteiger partial charge in [0.05, 0.1) is 44.1 Å². The first-order valence-electron chi connectivity index (χ1n) is 14.3. The molecule has 0 amide bonds. The van der Waals surface area contributed by atoms with Gasteiger partial charge in [-0.25, -0.2) is 0 Å². The second-order valence-corrected chi connectivity index (χ2v) is 17.9. The molecule has 7 heteroatoms. The van der Waals surface area contributed by atoms with E-state index in [9.17, 15) is 4.79 Å². The first kappa shape index (κ1) is 34.0. The summed E-state index contributed by atoms with van der Waals surface area (Å²) in [7, 11) is -0.474. The van der Waals surface area contributed by atoms with Gasteiger partial charge in [-0.2, -0.15) is 0 Å². The Hall–Kier alpha value is -2.19. The van der Waals surface area contributed by atoms with Crippen molar-refractivity contribution < 1.29 is 28.2 Å². The minimum absolute atomic E-state index is 0.0186. The van der Waals surface area contributed by atoms with Gasteiger partial charge in [0.1, 0.15) is 12.4 Å². The molecule has 0 fully saturated rings. The van der Waals surface area contributed by atoms with E-state index >= 15 is 0 Å². The van der Waals surface area contributed by atoms with Crippen LogP contribution in [0.25, 0.3) is 0 Å². The van der Waals surface area contributed by atoms with E-state index in [-0.39, 0.29) is 35.9 Å². The molecule has 1 aromatic carbocycles. The fourth-order valence-corrected chi connectivity index (χ4v) is 5.01. The number of carbonyl (C=O) groups is 1. The van der Waals surface area contributed by atoms with E-state index in [1.54, 1.807) is 7.11 Å². The Bertz CT molecular complexity index is 1010. The number of benzene rings is 1. The normalized spacial score (nSPS) is 18.6. The smallest absolute Gasteiger partial charge is 0.311 e. The van der Waals surface area contributed by atoms with Crippen LogP contribution in [-0.2, 0) is 30.0 Å². The number of ether oxygens (including phenoxy) is 4. The number of esters is 1. The fraction of sp³-hybridized carbons (Fsp3) is 0.606. The molecule has 2 rings (SSSR count). The molecule has 1 heterocycles. The summed E-state index contributed by atoms with van der Waals surface area (Å²) < 4.78 is 30.2. The van der Waals surface area contributed by atoms with Crippen LogP contribution in [0.4, 0.5) is 0 Å². The van der Waals surface area contributed by atoms with Crippen molar-refractivity contribution in [3.05, 3.63) is 65.8 Å². The van der Waals surface area contributed by atoms with E-state index in [1.165, 1.54) is 5.57 Å². The van der Waals surface area contributed by atoms with Gasteiger partial charge < -0.3 is 23.4 Å². The molecular formula is C33H52O6Si. The van der Waals surface area contributed by atoms with Crippen molar-refractivity contribution in [1.29, 1.82) is 0 Å². The van der Waals surface area contributed by atoms with Gasteiger partial charge in [-0.3, -0.25) is 4.79 Å². The highest BCUT2D eigenvalue weighted by atomic mass is 28.4. The van der Waals surface area contributed by atoms with E-state index in [0.717, 1.165) is 17.7 Å². The van der Waals surface area contributed by atoms with Crippen molar-refractivity contribution in [1.82, 2.24) is 0 Å². The third-order valence-electron chi connectivity index (χ3n) is 7.47. The maximum atomic E-state index is 12.2. The van der Waals surface area contributed by atoms with E-state index in [2.05, 4.69) is 59.0 Å². The lowest BCUT2D eigenvalue weighted by atomic mass is 9.97. The van der Waals surface area contributed by atoms with E-state index in [1.807, 2.05) is 57.2 Å². The summed E-state index contributed by atoms with van der Waals surface area (Å²) in [4.78, 5) is 12.2. The maximum absolute atomic E-state index is 12.2. The monoisotopic (exact) mass is 572 g/mol. The van der Waals surface area contributed by atoms with Gasteiger partial charge in [0.25, 0.3) is 0 Å². The van der Waals surface area contributed by atoms with Crippen molar-refractivity contribution in [3.63, 3.8) is 0 Å². The zero-order valence-corrected chi connectivity index (χ0v) is 27.4. The number of hydrogen-bond donors (Lipinski definition) is 0. The molecule has 1 aromatic rings. The Morgan fingerprint density at radius 3 is 2.35 bits per heavy atom. The fourth-order valence-electron chi connectivity index (χ4n) is 3.75. The minimum Gasteiger partial charge on any atom is -0.497 e. The molecule has 0 saturated heterocycles. The van der Waals surface area contributed by atoms with Crippen LogP contribution in [0.15, 0.2) is 60.2 Å². The molecule has 6 nitrogen and oxygen atoms in total. The molecule has 40 heavy (non-hydrogen) atoms. The van der Waals surface area contributed by atoms with Crippen LogP contribution in [0.1, 0.15) is 66.9 Å². The number of methoxy groups -OCH3 is 1. The molecule has 0 aliphatic carbocycles. The molecule has 0 saturated carbocycles. The molecule has 0 bridgehead atoms. The highest BCUT2D eigenvalue weighted by Gasteiger charge is 2.40. The van der Waals surface area contributed by atoms with Crippen LogP contribution in [-0.4, -0.2) is 52.9 Å². The molecule has 1 aliphatic rings. The molecular weight excluding hydrogens is 520 g/mol. The van der Waals surface area contributed by atoms with Crippen LogP contribution in [0.3, 0.4) is 0 Å². The van der Waals surface area contributed by atoms with E-state index in [4.69, 9.17) is 23.4 Å². The molecule has 0 unspecified atom stereocenters. The Morgan fingerprint density at radius 1 is 1.10 bits per heavy atom. The first-order chi connectivity index (χ1) is 18.6. The van der Waals surface area contributed by atoms with Gasteiger partial charge in [0, 0.05) is 0 Å². The van der Waals surface area contributed by atoms with Gasteiger partial charge in [0.15, 0.2) is 8.32 Å². The highest BCUT2D eigenvalue weighted by molar-refractivity contribution is 6.74. The lowest BCUT2D eigenvalue weighted by Gasteiger charge is -2.40. The lowest BCUT2D eigenvalue weighted by Crippen LogP contribution is -2.47. The molecule has 3 atom stereocenters. The third kappa shape index (κ3) is 11.4. The van der Waals surface area contributed by atoms with Gasteiger partial charge in [0.2, 0.25) is 0 Å². The SMILES string of the molecule is COc1ccc(CO[C@@H](C/C=C/COC(=O)C(C)(C)C)[C@@H](/C=C/[C@@H]2CC(C)=CCO2)O[Si](C)(C)C(C)(C)C)cc1. The average Bonchev–Trinajstić information content (AvgIpc) is 2.87. The summed E-state index contributed by atoms with van der Waals surface area (Å²) in [5.74, 6) is 0.593. The second kappa shape index (κ2) is 15.2. The van der Waals surface area contributed by atoms with Crippen molar-refractivity contribution in [2.75, 3.05) is 20.3 Å². The summed E-state index contributed by atoms with van der Waals surface area (Å²) in [6.07, 6.45) is 11.3. The average molecular weight is 573 g/mol. The van der Waals surface area contributed by atoms with Gasteiger partial charge in [-0.1, -0.05) is 68.9 Å². The first-order valence-corrected chi connectivity index (χ1v) is 17.2. The van der Waals surface area contributed by atoms with Crippen LogP contribution >= 0.6 is 0 Å².